The van der Waals surface area contributed by atoms with Gasteiger partial charge in [-0.3, -0.25) is 14.6 Å². The van der Waals surface area contributed by atoms with Gasteiger partial charge in [-0.05, 0) is 69.0 Å². The molecule has 8 heteroatoms. The third kappa shape index (κ3) is 6.14. The average molecular weight is 504 g/mol. The van der Waals surface area contributed by atoms with Crippen LogP contribution in [0.5, 0.6) is 0 Å². The molecule has 2 aromatic rings. The minimum absolute atomic E-state index is 0.0413. The van der Waals surface area contributed by atoms with E-state index in [1.807, 2.05) is 6.07 Å². The lowest BCUT2D eigenvalue weighted by Gasteiger charge is -2.32. The van der Waals surface area contributed by atoms with Gasteiger partial charge in [0.1, 0.15) is 5.92 Å². The smallest absolute Gasteiger partial charge is 0.334 e. The Morgan fingerprint density at radius 1 is 0.973 bits per heavy atom. The third-order valence-corrected chi connectivity index (χ3v) is 7.37. The number of nitrogens with one attached hydrogen (secondary N) is 1. The third-order valence-electron chi connectivity index (χ3n) is 7.37. The summed E-state index contributed by atoms with van der Waals surface area (Å²) in [6.45, 7) is 5.74. The molecule has 0 bridgehead atoms. The summed E-state index contributed by atoms with van der Waals surface area (Å²) in [6.07, 6.45) is 2.48. The summed E-state index contributed by atoms with van der Waals surface area (Å²) in [7, 11) is 0. The maximum atomic E-state index is 12.7. The van der Waals surface area contributed by atoms with E-state index >= 15 is 0 Å². The van der Waals surface area contributed by atoms with Gasteiger partial charge in [0.05, 0.1) is 5.57 Å². The normalized spacial score (nSPS) is 20.9. The summed E-state index contributed by atoms with van der Waals surface area (Å²) in [5, 5.41) is 22.6. The van der Waals surface area contributed by atoms with Crippen LogP contribution in [0.25, 0.3) is 0 Å². The molecule has 1 fully saturated rings. The van der Waals surface area contributed by atoms with E-state index in [1.165, 1.54) is 5.56 Å². The van der Waals surface area contributed by atoms with Gasteiger partial charge in [0.25, 0.3) is 0 Å². The molecule has 37 heavy (non-hydrogen) atoms. The maximum Gasteiger partial charge on any atom is 0.334 e. The number of piperidine rings is 1. The molecule has 4 rings (SSSR count). The Kier molecular flexibility index (Phi) is 8.18. The van der Waals surface area contributed by atoms with Crippen LogP contribution in [-0.4, -0.2) is 58.3 Å². The number of carboxylic acids is 2. The number of nitrogens with zero attached hydrogens (tertiary/aromatic N) is 2. The van der Waals surface area contributed by atoms with Gasteiger partial charge >= 0.3 is 11.9 Å². The number of anilines is 1. The van der Waals surface area contributed by atoms with Crippen LogP contribution in [0.15, 0.2) is 70.9 Å². The van der Waals surface area contributed by atoms with Crippen molar-refractivity contribution in [2.45, 2.75) is 44.9 Å². The largest absolute Gasteiger partial charge is 0.481 e. The topological polar surface area (TPSA) is 119 Å². The van der Waals surface area contributed by atoms with Crippen molar-refractivity contribution in [3.8, 4) is 0 Å². The Morgan fingerprint density at radius 3 is 2.30 bits per heavy atom. The molecule has 2 aromatic carbocycles. The minimum atomic E-state index is -1.20. The predicted molar refractivity (Wildman–Crippen MR) is 142 cm³/mol. The molecule has 1 amide bonds. The van der Waals surface area contributed by atoms with E-state index in [1.54, 1.807) is 38.1 Å². The first-order valence-electron chi connectivity index (χ1n) is 12.6. The highest BCUT2D eigenvalue weighted by Crippen LogP contribution is 2.39. The van der Waals surface area contributed by atoms with Crippen LogP contribution in [0, 0.1) is 5.92 Å². The second-order valence-corrected chi connectivity index (χ2v) is 9.80. The molecule has 1 saturated heterocycles. The molecule has 2 heterocycles. The molecule has 0 spiro atoms. The number of carbonyl (C=O) groups is 3. The van der Waals surface area contributed by atoms with Gasteiger partial charge in [0.15, 0.2) is 0 Å². The molecule has 8 nitrogen and oxygen atoms in total. The van der Waals surface area contributed by atoms with E-state index in [9.17, 15) is 24.6 Å². The number of aliphatic carboxylic acids is 2. The Balaban J connectivity index is 1.39. The van der Waals surface area contributed by atoms with Crippen molar-refractivity contribution >= 4 is 29.2 Å². The quantitative estimate of drug-likeness (QED) is 0.488. The number of amides is 1. The van der Waals surface area contributed by atoms with Crippen molar-refractivity contribution < 1.29 is 24.6 Å². The highest BCUT2D eigenvalue weighted by molar-refractivity contribution is 6.06. The van der Waals surface area contributed by atoms with Gasteiger partial charge in [0.2, 0.25) is 5.91 Å². The number of hydrogen-bond donors (Lipinski definition) is 3. The Hall–Kier alpha value is -3.78. The monoisotopic (exact) mass is 503 g/mol. The number of carbonyl (C=O) groups excluding carboxylic acids is 1. The molecule has 2 aliphatic heterocycles. The van der Waals surface area contributed by atoms with Crippen molar-refractivity contribution in [2.75, 3.05) is 25.0 Å². The first-order valence-corrected chi connectivity index (χ1v) is 12.6. The SMILES string of the molecule is CC1=NC(C)=C(C(=O)O)C(c2cccc(NC(=O)CCN3CCC(c4ccccc4)CC3)c2)C1C(=O)O. The van der Waals surface area contributed by atoms with Crippen molar-refractivity contribution in [1.82, 2.24) is 4.90 Å². The van der Waals surface area contributed by atoms with Crippen molar-refractivity contribution in [2.24, 2.45) is 10.9 Å². The van der Waals surface area contributed by atoms with E-state index in [2.05, 4.69) is 39.5 Å². The first-order chi connectivity index (χ1) is 17.7. The number of aliphatic imine (C=N–C) groups is 1. The summed E-state index contributed by atoms with van der Waals surface area (Å²) < 4.78 is 0. The number of rotatable bonds is 8. The molecule has 194 valence electrons. The summed E-state index contributed by atoms with van der Waals surface area (Å²) >= 11 is 0. The molecule has 0 aromatic heterocycles. The lowest BCUT2D eigenvalue weighted by atomic mass is 9.75. The maximum absolute atomic E-state index is 12.7. The van der Waals surface area contributed by atoms with Gasteiger partial charge in [-0.1, -0.05) is 42.5 Å². The van der Waals surface area contributed by atoms with Crippen LogP contribution < -0.4 is 5.32 Å². The van der Waals surface area contributed by atoms with Crippen molar-refractivity contribution in [3.63, 3.8) is 0 Å². The Morgan fingerprint density at radius 2 is 1.65 bits per heavy atom. The predicted octanol–water partition coefficient (Wildman–Crippen LogP) is 4.51. The fraction of sp³-hybridized carbons (Fsp3) is 0.379. The van der Waals surface area contributed by atoms with E-state index < -0.39 is 23.8 Å². The van der Waals surface area contributed by atoms with E-state index in [4.69, 9.17) is 0 Å². The molecular formula is C29H33N3O5. The fourth-order valence-electron chi connectivity index (χ4n) is 5.50. The molecule has 2 aliphatic rings. The zero-order valence-corrected chi connectivity index (χ0v) is 21.2. The molecule has 0 aliphatic carbocycles. The second kappa shape index (κ2) is 11.5. The van der Waals surface area contributed by atoms with Crippen LogP contribution in [0.1, 0.15) is 56.1 Å². The fourth-order valence-corrected chi connectivity index (χ4v) is 5.50. The van der Waals surface area contributed by atoms with Gasteiger partial charge in [0, 0.05) is 36.0 Å². The highest BCUT2D eigenvalue weighted by atomic mass is 16.4. The molecule has 3 N–H and O–H groups in total. The van der Waals surface area contributed by atoms with Crippen LogP contribution in [0.4, 0.5) is 5.69 Å². The standard InChI is InChI=1S/C29H33N3O5/c1-18-25(28(34)35)27(26(29(36)37)19(2)30-18)22-9-6-10-23(17-22)31-24(33)13-16-32-14-11-21(12-15-32)20-7-4-3-5-8-20/h3-10,17,21,25,27H,11-16H2,1-2H3,(H,31,33)(H,34,35)(H,36,37). The van der Waals surface area contributed by atoms with Crippen molar-refractivity contribution in [3.05, 3.63) is 77.0 Å². The van der Waals surface area contributed by atoms with Crippen LogP contribution in [0.3, 0.4) is 0 Å². The minimum Gasteiger partial charge on any atom is -0.481 e. The highest BCUT2D eigenvalue weighted by Gasteiger charge is 2.41. The van der Waals surface area contributed by atoms with Crippen LogP contribution in [0.2, 0.25) is 0 Å². The number of carboxylic acid groups (broad SMARTS) is 2. The summed E-state index contributed by atoms with van der Waals surface area (Å²) in [6, 6.07) is 17.3. The molecule has 0 saturated carbocycles. The van der Waals surface area contributed by atoms with Gasteiger partial charge in [-0.25, -0.2) is 4.79 Å². The van der Waals surface area contributed by atoms with E-state index in [0.717, 1.165) is 25.9 Å². The Labute approximate surface area is 216 Å². The number of likely N-dealkylation sites (tertiary alicyclic amines) is 1. The van der Waals surface area contributed by atoms with Gasteiger partial charge in [-0.15, -0.1) is 0 Å². The van der Waals surface area contributed by atoms with E-state index in [-0.39, 0.29) is 17.2 Å². The van der Waals surface area contributed by atoms with Gasteiger partial charge < -0.3 is 20.4 Å². The summed E-state index contributed by atoms with van der Waals surface area (Å²) in [4.78, 5) is 43.3. The number of hydrogen-bond acceptors (Lipinski definition) is 5. The summed E-state index contributed by atoms with van der Waals surface area (Å²) in [5.74, 6) is -3.91. The van der Waals surface area contributed by atoms with Crippen LogP contribution >= 0.6 is 0 Å². The van der Waals surface area contributed by atoms with Crippen molar-refractivity contribution in [1.29, 1.82) is 0 Å². The van der Waals surface area contributed by atoms with Gasteiger partial charge in [-0.2, -0.15) is 0 Å². The Bertz CT molecular complexity index is 1230. The number of benzene rings is 2. The molecule has 2 atom stereocenters. The van der Waals surface area contributed by atoms with E-state index in [0.29, 0.717) is 35.8 Å². The zero-order valence-electron chi connectivity index (χ0n) is 21.2. The number of allylic oxidation sites excluding steroid dienone is 1. The molecular weight excluding hydrogens is 470 g/mol. The molecule has 0 radical (unpaired) electrons. The average Bonchev–Trinajstić information content (AvgIpc) is 2.87. The summed E-state index contributed by atoms with van der Waals surface area (Å²) in [5.41, 5.74) is 3.00. The lowest BCUT2D eigenvalue weighted by molar-refractivity contribution is -0.140. The molecule has 2 unspecified atom stereocenters. The second-order valence-electron chi connectivity index (χ2n) is 9.80. The van der Waals surface area contributed by atoms with Crippen LogP contribution in [-0.2, 0) is 14.4 Å². The lowest BCUT2D eigenvalue weighted by Crippen LogP contribution is -2.35. The zero-order chi connectivity index (χ0) is 26.5. The first kappa shape index (κ1) is 26.3.